The average molecular weight is 296 g/mol. The molecule has 0 bridgehead atoms. The average Bonchev–Trinajstić information content (AvgIpc) is 3.19. The van der Waals surface area contributed by atoms with Gasteiger partial charge < -0.3 is 20.3 Å². The third-order valence-corrected chi connectivity index (χ3v) is 4.60. The van der Waals surface area contributed by atoms with E-state index in [2.05, 4.69) is 29.4 Å². The number of rotatable bonds is 7. The quantitative estimate of drug-likeness (QED) is 0.549. The summed E-state index contributed by atoms with van der Waals surface area (Å²) in [5, 5.41) is 6.89. The maximum Gasteiger partial charge on any atom is 0.191 e. The summed E-state index contributed by atoms with van der Waals surface area (Å²) in [5.74, 6) is 2.54. The van der Waals surface area contributed by atoms with Crippen LogP contribution in [0.1, 0.15) is 33.1 Å². The summed E-state index contributed by atoms with van der Waals surface area (Å²) in [4.78, 5) is 7.29. The Labute approximate surface area is 129 Å². The van der Waals surface area contributed by atoms with Crippen LogP contribution in [0.4, 0.5) is 0 Å². The molecular weight excluding hydrogens is 264 g/mol. The third-order valence-electron chi connectivity index (χ3n) is 4.60. The largest absolute Gasteiger partial charge is 0.383 e. The van der Waals surface area contributed by atoms with Crippen LogP contribution in [0.3, 0.4) is 0 Å². The number of aliphatic imine (C=N–C) groups is 1. The normalized spacial score (nSPS) is 27.7. The first kappa shape index (κ1) is 16.6. The number of nitrogens with one attached hydrogen (secondary N) is 2. The summed E-state index contributed by atoms with van der Waals surface area (Å²) in [6, 6.07) is 0.638. The molecule has 2 atom stereocenters. The Balaban J connectivity index is 1.69. The first-order valence-corrected chi connectivity index (χ1v) is 8.49. The first-order valence-electron chi connectivity index (χ1n) is 8.49. The molecule has 0 aromatic heterocycles. The molecule has 2 unspecified atom stereocenters. The molecule has 5 heteroatoms. The lowest BCUT2D eigenvalue weighted by molar-refractivity contribution is 0.121. The maximum absolute atomic E-state index is 5.15. The molecule has 1 aliphatic carbocycles. The highest BCUT2D eigenvalue weighted by molar-refractivity contribution is 5.80. The van der Waals surface area contributed by atoms with Gasteiger partial charge in [-0.05, 0) is 51.1 Å². The second kappa shape index (κ2) is 8.59. The van der Waals surface area contributed by atoms with Crippen molar-refractivity contribution in [2.45, 2.75) is 39.2 Å². The molecule has 0 radical (unpaired) electrons. The van der Waals surface area contributed by atoms with Gasteiger partial charge in [-0.2, -0.15) is 0 Å². The lowest BCUT2D eigenvalue weighted by Crippen LogP contribution is -2.40. The van der Waals surface area contributed by atoms with Crippen molar-refractivity contribution in [1.29, 1.82) is 0 Å². The maximum atomic E-state index is 5.15. The molecule has 2 aliphatic rings. The molecule has 122 valence electrons. The van der Waals surface area contributed by atoms with Crippen LogP contribution in [0.25, 0.3) is 0 Å². The van der Waals surface area contributed by atoms with E-state index in [1.165, 1.54) is 32.4 Å². The molecule has 21 heavy (non-hydrogen) atoms. The summed E-state index contributed by atoms with van der Waals surface area (Å²) in [6.07, 6.45) is 3.79. The van der Waals surface area contributed by atoms with Gasteiger partial charge in [0.25, 0.3) is 0 Å². The van der Waals surface area contributed by atoms with Crippen LogP contribution in [0.5, 0.6) is 0 Å². The fourth-order valence-corrected chi connectivity index (χ4v) is 2.85. The number of likely N-dealkylation sites (tertiary alicyclic amines) is 1. The zero-order valence-corrected chi connectivity index (χ0v) is 13.9. The van der Waals surface area contributed by atoms with E-state index in [0.717, 1.165) is 44.0 Å². The zero-order chi connectivity index (χ0) is 15.1. The van der Waals surface area contributed by atoms with E-state index in [-0.39, 0.29) is 0 Å². The van der Waals surface area contributed by atoms with Gasteiger partial charge in [0.1, 0.15) is 0 Å². The number of hydrogen-bond donors (Lipinski definition) is 2. The van der Waals surface area contributed by atoms with Gasteiger partial charge in [-0.25, -0.2) is 0 Å². The smallest absolute Gasteiger partial charge is 0.191 e. The van der Waals surface area contributed by atoms with Crippen molar-refractivity contribution in [3.63, 3.8) is 0 Å². The predicted molar refractivity (Wildman–Crippen MR) is 87.7 cm³/mol. The van der Waals surface area contributed by atoms with Crippen LogP contribution in [-0.4, -0.2) is 63.3 Å². The Kier molecular flexibility index (Phi) is 6.77. The van der Waals surface area contributed by atoms with E-state index in [9.17, 15) is 0 Å². The molecule has 2 N–H and O–H groups in total. The molecule has 0 aromatic rings. The summed E-state index contributed by atoms with van der Waals surface area (Å²) in [6.45, 7) is 10.6. The monoisotopic (exact) mass is 296 g/mol. The van der Waals surface area contributed by atoms with E-state index in [1.807, 2.05) is 0 Å². The van der Waals surface area contributed by atoms with Crippen LogP contribution in [0, 0.1) is 11.8 Å². The number of piperidine rings is 1. The first-order chi connectivity index (χ1) is 10.2. The number of ether oxygens (including phenoxy) is 1. The Hall–Kier alpha value is -0.810. The molecule has 1 heterocycles. The minimum absolute atomic E-state index is 0.638. The van der Waals surface area contributed by atoms with Crippen LogP contribution in [0.15, 0.2) is 4.99 Å². The summed E-state index contributed by atoms with van der Waals surface area (Å²) < 4.78 is 5.15. The SMILES string of the molecule is CCNC(=NCC1CCN(CCOC)CC1)NC1CC1C. The van der Waals surface area contributed by atoms with Gasteiger partial charge >= 0.3 is 0 Å². The van der Waals surface area contributed by atoms with Gasteiger partial charge in [0, 0.05) is 32.8 Å². The van der Waals surface area contributed by atoms with Crippen molar-refractivity contribution in [3.05, 3.63) is 0 Å². The highest BCUT2D eigenvalue weighted by atomic mass is 16.5. The summed E-state index contributed by atoms with van der Waals surface area (Å²) in [7, 11) is 1.78. The van der Waals surface area contributed by atoms with Gasteiger partial charge in [-0.15, -0.1) is 0 Å². The Morgan fingerprint density at radius 1 is 1.33 bits per heavy atom. The zero-order valence-electron chi connectivity index (χ0n) is 13.9. The van der Waals surface area contributed by atoms with Gasteiger partial charge in [-0.1, -0.05) is 6.92 Å². The van der Waals surface area contributed by atoms with E-state index in [4.69, 9.17) is 9.73 Å². The molecule has 2 fully saturated rings. The standard InChI is InChI=1S/C16H32N4O/c1-4-17-16(19-15-11-13(15)2)18-12-14-5-7-20(8-6-14)9-10-21-3/h13-15H,4-12H2,1-3H3,(H2,17,18,19). The van der Waals surface area contributed by atoms with Crippen molar-refractivity contribution in [2.24, 2.45) is 16.8 Å². The minimum atomic E-state index is 0.638. The Bertz CT molecular complexity index is 326. The molecule has 0 amide bonds. The van der Waals surface area contributed by atoms with Crippen molar-refractivity contribution in [1.82, 2.24) is 15.5 Å². The molecule has 0 aromatic carbocycles. The van der Waals surface area contributed by atoms with Crippen LogP contribution in [-0.2, 0) is 4.74 Å². The molecular formula is C16H32N4O. The topological polar surface area (TPSA) is 48.9 Å². The third kappa shape index (κ3) is 5.83. The van der Waals surface area contributed by atoms with Gasteiger partial charge in [0.15, 0.2) is 5.96 Å². The van der Waals surface area contributed by atoms with Gasteiger partial charge in [0.2, 0.25) is 0 Å². The van der Waals surface area contributed by atoms with Crippen molar-refractivity contribution < 1.29 is 4.74 Å². The van der Waals surface area contributed by atoms with Crippen molar-refractivity contribution in [2.75, 3.05) is 46.4 Å². The molecule has 1 saturated heterocycles. The van der Waals surface area contributed by atoms with E-state index in [0.29, 0.717) is 6.04 Å². The highest BCUT2D eigenvalue weighted by Gasteiger charge is 2.33. The van der Waals surface area contributed by atoms with Crippen molar-refractivity contribution >= 4 is 5.96 Å². The van der Waals surface area contributed by atoms with E-state index < -0.39 is 0 Å². The number of methoxy groups -OCH3 is 1. The molecule has 1 saturated carbocycles. The number of guanidine groups is 1. The van der Waals surface area contributed by atoms with Crippen LogP contribution >= 0.6 is 0 Å². The van der Waals surface area contributed by atoms with Crippen LogP contribution in [0.2, 0.25) is 0 Å². The van der Waals surface area contributed by atoms with E-state index in [1.54, 1.807) is 7.11 Å². The lowest BCUT2D eigenvalue weighted by atomic mass is 9.97. The minimum Gasteiger partial charge on any atom is -0.383 e. The molecule has 1 aliphatic heterocycles. The van der Waals surface area contributed by atoms with E-state index >= 15 is 0 Å². The fraction of sp³-hybridized carbons (Fsp3) is 0.938. The van der Waals surface area contributed by atoms with Crippen molar-refractivity contribution in [3.8, 4) is 0 Å². The highest BCUT2D eigenvalue weighted by Crippen LogP contribution is 2.28. The Morgan fingerprint density at radius 3 is 2.62 bits per heavy atom. The fourth-order valence-electron chi connectivity index (χ4n) is 2.85. The lowest BCUT2D eigenvalue weighted by Gasteiger charge is -2.31. The van der Waals surface area contributed by atoms with Crippen LogP contribution < -0.4 is 10.6 Å². The number of nitrogens with zero attached hydrogens (tertiary/aromatic N) is 2. The molecule has 0 spiro atoms. The Morgan fingerprint density at radius 2 is 2.05 bits per heavy atom. The molecule has 5 nitrogen and oxygen atoms in total. The summed E-state index contributed by atoms with van der Waals surface area (Å²) >= 11 is 0. The second-order valence-electron chi connectivity index (χ2n) is 6.46. The molecule has 2 rings (SSSR count). The predicted octanol–water partition coefficient (Wildman–Crippen LogP) is 1.31. The number of hydrogen-bond acceptors (Lipinski definition) is 3. The van der Waals surface area contributed by atoms with Gasteiger partial charge in [0.05, 0.1) is 6.61 Å². The van der Waals surface area contributed by atoms with Gasteiger partial charge in [-0.3, -0.25) is 4.99 Å². The summed E-state index contributed by atoms with van der Waals surface area (Å²) in [5.41, 5.74) is 0. The second-order valence-corrected chi connectivity index (χ2v) is 6.46.